The van der Waals surface area contributed by atoms with Crippen molar-refractivity contribution < 1.29 is 4.42 Å². The zero-order valence-corrected chi connectivity index (χ0v) is 13.6. The highest BCUT2D eigenvalue weighted by atomic mass is 32.1. The molecular formula is C17H18N4OS. The van der Waals surface area contributed by atoms with Crippen LogP contribution in [0.1, 0.15) is 30.2 Å². The van der Waals surface area contributed by atoms with Crippen molar-refractivity contribution in [1.82, 2.24) is 20.1 Å². The number of likely N-dealkylation sites (tertiary alicyclic amines) is 1. The molecule has 0 amide bonds. The highest BCUT2D eigenvalue weighted by Crippen LogP contribution is 2.30. The van der Waals surface area contributed by atoms with Crippen LogP contribution < -0.4 is 0 Å². The highest BCUT2D eigenvalue weighted by molar-refractivity contribution is 7.13. The molecule has 0 N–H and O–H groups in total. The molecule has 5 nitrogen and oxygen atoms in total. The highest BCUT2D eigenvalue weighted by Gasteiger charge is 2.26. The molecule has 118 valence electrons. The lowest BCUT2D eigenvalue weighted by Crippen LogP contribution is -2.34. The third-order valence-electron chi connectivity index (χ3n) is 4.16. The van der Waals surface area contributed by atoms with Crippen LogP contribution in [0.15, 0.2) is 46.5 Å². The standard InChI is InChI=1S/C17H18N4OS/c1-4-13(10-18-7-1)11-21-8-2-5-14(12-21)16-19-20-17(22-16)15-6-3-9-23-15/h1,3-4,6-7,9-10,14H,2,5,8,11-12H2. The van der Waals surface area contributed by atoms with E-state index in [1.807, 2.05) is 36.0 Å². The molecule has 1 atom stereocenters. The maximum Gasteiger partial charge on any atom is 0.257 e. The molecule has 0 aromatic carbocycles. The summed E-state index contributed by atoms with van der Waals surface area (Å²) in [5.41, 5.74) is 1.25. The van der Waals surface area contributed by atoms with Gasteiger partial charge in [0.25, 0.3) is 5.89 Å². The van der Waals surface area contributed by atoms with Crippen LogP contribution in [-0.2, 0) is 6.54 Å². The first-order chi connectivity index (χ1) is 11.4. The van der Waals surface area contributed by atoms with E-state index in [2.05, 4.69) is 26.1 Å². The van der Waals surface area contributed by atoms with Gasteiger partial charge >= 0.3 is 0 Å². The fourth-order valence-electron chi connectivity index (χ4n) is 3.05. The molecule has 0 saturated carbocycles. The number of aromatic nitrogens is 3. The summed E-state index contributed by atoms with van der Waals surface area (Å²) < 4.78 is 5.92. The number of rotatable bonds is 4. The second-order valence-electron chi connectivity index (χ2n) is 5.86. The summed E-state index contributed by atoms with van der Waals surface area (Å²) in [6.07, 6.45) is 6.01. The minimum absolute atomic E-state index is 0.321. The summed E-state index contributed by atoms with van der Waals surface area (Å²) in [6.45, 7) is 2.99. The van der Waals surface area contributed by atoms with Gasteiger partial charge in [0.05, 0.1) is 10.8 Å². The normalized spacial score (nSPS) is 19.0. The average molecular weight is 326 g/mol. The molecule has 1 saturated heterocycles. The number of thiophene rings is 1. The molecule has 1 aliphatic heterocycles. The predicted molar refractivity (Wildman–Crippen MR) is 89.1 cm³/mol. The Morgan fingerprint density at radius 2 is 2.26 bits per heavy atom. The monoisotopic (exact) mass is 326 g/mol. The average Bonchev–Trinajstić information content (AvgIpc) is 3.28. The van der Waals surface area contributed by atoms with Crippen molar-refractivity contribution in [3.63, 3.8) is 0 Å². The van der Waals surface area contributed by atoms with E-state index in [1.54, 1.807) is 11.3 Å². The first-order valence-corrected chi connectivity index (χ1v) is 8.75. The minimum Gasteiger partial charge on any atom is -0.420 e. The summed E-state index contributed by atoms with van der Waals surface area (Å²) in [7, 11) is 0. The summed E-state index contributed by atoms with van der Waals surface area (Å²) in [5, 5.41) is 10.5. The summed E-state index contributed by atoms with van der Waals surface area (Å²) in [5.74, 6) is 1.73. The Morgan fingerprint density at radius 3 is 3.09 bits per heavy atom. The number of hydrogen-bond donors (Lipinski definition) is 0. The number of hydrogen-bond acceptors (Lipinski definition) is 6. The van der Waals surface area contributed by atoms with E-state index in [0.717, 1.165) is 43.2 Å². The van der Waals surface area contributed by atoms with Crippen LogP contribution in [0.3, 0.4) is 0 Å². The van der Waals surface area contributed by atoms with Gasteiger partial charge in [-0.05, 0) is 42.5 Å². The van der Waals surface area contributed by atoms with Crippen molar-refractivity contribution in [2.75, 3.05) is 13.1 Å². The van der Waals surface area contributed by atoms with E-state index in [-0.39, 0.29) is 0 Å². The molecule has 0 bridgehead atoms. The molecule has 23 heavy (non-hydrogen) atoms. The van der Waals surface area contributed by atoms with E-state index >= 15 is 0 Å². The van der Waals surface area contributed by atoms with Crippen LogP contribution in [-0.4, -0.2) is 33.2 Å². The van der Waals surface area contributed by atoms with Gasteiger partial charge in [-0.1, -0.05) is 12.1 Å². The van der Waals surface area contributed by atoms with Crippen LogP contribution in [0.4, 0.5) is 0 Å². The summed E-state index contributed by atoms with van der Waals surface area (Å²) >= 11 is 1.62. The number of pyridine rings is 1. The van der Waals surface area contributed by atoms with Gasteiger partial charge < -0.3 is 4.42 Å². The van der Waals surface area contributed by atoms with Crippen molar-refractivity contribution in [2.24, 2.45) is 0 Å². The molecule has 0 radical (unpaired) electrons. The van der Waals surface area contributed by atoms with Gasteiger partial charge in [-0.15, -0.1) is 21.5 Å². The van der Waals surface area contributed by atoms with Gasteiger partial charge in [0.2, 0.25) is 5.89 Å². The number of nitrogens with zero attached hydrogens (tertiary/aromatic N) is 4. The predicted octanol–water partition coefficient (Wildman–Crippen LogP) is 3.57. The number of piperidine rings is 1. The SMILES string of the molecule is c1cncc(CN2CCCC(c3nnc(-c4cccs4)o3)C2)c1. The van der Waals surface area contributed by atoms with Crippen molar-refractivity contribution >= 4 is 11.3 Å². The molecule has 4 heterocycles. The van der Waals surface area contributed by atoms with Gasteiger partial charge in [-0.3, -0.25) is 9.88 Å². The van der Waals surface area contributed by atoms with E-state index in [0.29, 0.717) is 11.8 Å². The smallest absolute Gasteiger partial charge is 0.257 e. The second kappa shape index (κ2) is 6.60. The third kappa shape index (κ3) is 3.33. The summed E-state index contributed by atoms with van der Waals surface area (Å²) in [6, 6.07) is 8.12. The Labute approximate surface area is 139 Å². The van der Waals surface area contributed by atoms with Crippen molar-refractivity contribution in [3.05, 3.63) is 53.5 Å². The first-order valence-electron chi connectivity index (χ1n) is 7.87. The summed E-state index contributed by atoms with van der Waals surface area (Å²) in [4.78, 5) is 7.67. The fraction of sp³-hybridized carbons (Fsp3) is 0.353. The molecule has 6 heteroatoms. The van der Waals surface area contributed by atoms with Crippen LogP contribution >= 0.6 is 11.3 Å². The lowest BCUT2D eigenvalue weighted by Gasteiger charge is -2.30. The Bertz CT molecular complexity index is 741. The van der Waals surface area contributed by atoms with E-state index in [1.165, 1.54) is 5.56 Å². The van der Waals surface area contributed by atoms with E-state index in [9.17, 15) is 0 Å². The van der Waals surface area contributed by atoms with Gasteiger partial charge in [-0.25, -0.2) is 0 Å². The van der Waals surface area contributed by atoms with E-state index < -0.39 is 0 Å². The molecule has 0 spiro atoms. The fourth-order valence-corrected chi connectivity index (χ4v) is 3.69. The molecule has 1 aliphatic rings. The van der Waals surface area contributed by atoms with E-state index in [4.69, 9.17) is 4.42 Å². The lowest BCUT2D eigenvalue weighted by atomic mass is 9.97. The van der Waals surface area contributed by atoms with Gasteiger partial charge in [-0.2, -0.15) is 0 Å². The second-order valence-corrected chi connectivity index (χ2v) is 6.81. The van der Waals surface area contributed by atoms with Gasteiger partial charge in [0, 0.05) is 25.5 Å². The molecule has 4 rings (SSSR count). The molecule has 1 fully saturated rings. The van der Waals surface area contributed by atoms with Gasteiger partial charge in [0.1, 0.15) is 0 Å². The third-order valence-corrected chi connectivity index (χ3v) is 5.01. The zero-order valence-electron chi connectivity index (χ0n) is 12.8. The van der Waals surface area contributed by atoms with Crippen LogP contribution in [0, 0.1) is 0 Å². The van der Waals surface area contributed by atoms with Crippen molar-refractivity contribution in [2.45, 2.75) is 25.3 Å². The van der Waals surface area contributed by atoms with Crippen LogP contribution in [0.25, 0.3) is 10.8 Å². The Kier molecular flexibility index (Phi) is 4.17. The van der Waals surface area contributed by atoms with Crippen LogP contribution in [0.2, 0.25) is 0 Å². The Balaban J connectivity index is 1.45. The maximum absolute atomic E-state index is 5.92. The Hall–Kier alpha value is -2.05. The molecule has 0 aliphatic carbocycles. The molecular weight excluding hydrogens is 308 g/mol. The lowest BCUT2D eigenvalue weighted by molar-refractivity contribution is 0.186. The zero-order chi connectivity index (χ0) is 15.5. The largest absolute Gasteiger partial charge is 0.420 e. The molecule has 3 aromatic heterocycles. The topological polar surface area (TPSA) is 55.1 Å². The molecule has 3 aromatic rings. The van der Waals surface area contributed by atoms with Crippen molar-refractivity contribution in [1.29, 1.82) is 0 Å². The first kappa shape index (κ1) is 14.5. The quantitative estimate of drug-likeness (QED) is 0.733. The molecule has 1 unspecified atom stereocenters. The van der Waals surface area contributed by atoms with Crippen molar-refractivity contribution in [3.8, 4) is 10.8 Å². The minimum atomic E-state index is 0.321. The van der Waals surface area contributed by atoms with Gasteiger partial charge in [0.15, 0.2) is 0 Å². The maximum atomic E-state index is 5.92. The Morgan fingerprint density at radius 1 is 1.26 bits per heavy atom. The van der Waals surface area contributed by atoms with Crippen LogP contribution in [0.5, 0.6) is 0 Å².